The Labute approximate surface area is 121 Å². The van der Waals surface area contributed by atoms with E-state index in [4.69, 9.17) is 4.74 Å². The average molecular weight is 282 g/mol. The van der Waals surface area contributed by atoms with Crippen molar-refractivity contribution in [3.8, 4) is 0 Å². The van der Waals surface area contributed by atoms with E-state index in [1.165, 1.54) is 9.75 Å². The van der Waals surface area contributed by atoms with Gasteiger partial charge in [-0.25, -0.2) is 0 Å². The first-order valence-corrected chi connectivity index (χ1v) is 7.97. The lowest BCUT2D eigenvalue weighted by Gasteiger charge is -2.26. The van der Waals surface area contributed by atoms with Crippen molar-refractivity contribution in [1.29, 1.82) is 0 Å². The Kier molecular flexibility index (Phi) is 5.39. The molecule has 1 fully saturated rings. The molecule has 0 radical (unpaired) electrons. The molecule has 1 aliphatic heterocycles. The molecule has 1 N–H and O–H groups in total. The van der Waals surface area contributed by atoms with Crippen LogP contribution in [0.4, 0.5) is 0 Å². The minimum atomic E-state index is 0.275. The summed E-state index contributed by atoms with van der Waals surface area (Å²) < 4.78 is 5.35. The largest absolute Gasteiger partial charge is 0.379 e. The Bertz CT molecular complexity index is 378. The standard InChI is InChI=1S/C15H26N2OS/c1-15(2,3)14-5-4-13(19-14)12-16-6-7-17-8-10-18-11-9-17/h4-5,16H,6-12H2,1-3H3. The van der Waals surface area contributed by atoms with Crippen LogP contribution in [-0.2, 0) is 16.7 Å². The van der Waals surface area contributed by atoms with Gasteiger partial charge in [-0.15, -0.1) is 11.3 Å². The van der Waals surface area contributed by atoms with Crippen LogP contribution in [0.1, 0.15) is 30.5 Å². The zero-order valence-corrected chi connectivity index (χ0v) is 13.2. The number of hydrogen-bond acceptors (Lipinski definition) is 4. The third kappa shape index (κ3) is 4.88. The Morgan fingerprint density at radius 2 is 2.00 bits per heavy atom. The van der Waals surface area contributed by atoms with E-state index in [9.17, 15) is 0 Å². The molecule has 0 aliphatic carbocycles. The van der Waals surface area contributed by atoms with Crippen molar-refractivity contribution >= 4 is 11.3 Å². The van der Waals surface area contributed by atoms with E-state index in [0.29, 0.717) is 0 Å². The molecule has 1 aromatic rings. The van der Waals surface area contributed by atoms with Crippen LogP contribution in [0.5, 0.6) is 0 Å². The highest BCUT2D eigenvalue weighted by atomic mass is 32.1. The van der Waals surface area contributed by atoms with Gasteiger partial charge in [-0.3, -0.25) is 4.90 Å². The Hall–Kier alpha value is -0.420. The van der Waals surface area contributed by atoms with Gasteiger partial charge in [0.15, 0.2) is 0 Å². The number of thiophene rings is 1. The van der Waals surface area contributed by atoms with Crippen LogP contribution >= 0.6 is 11.3 Å². The predicted molar refractivity (Wildman–Crippen MR) is 82.0 cm³/mol. The highest BCUT2D eigenvalue weighted by Gasteiger charge is 2.15. The van der Waals surface area contributed by atoms with Crippen LogP contribution in [0.3, 0.4) is 0 Å². The van der Waals surface area contributed by atoms with Gasteiger partial charge in [-0.1, -0.05) is 20.8 Å². The molecular weight excluding hydrogens is 256 g/mol. The second kappa shape index (κ2) is 6.84. The normalized spacial score (nSPS) is 17.8. The summed E-state index contributed by atoms with van der Waals surface area (Å²) in [5, 5.41) is 3.54. The molecule has 2 rings (SSSR count). The molecule has 0 amide bonds. The third-order valence-electron chi connectivity index (χ3n) is 3.41. The van der Waals surface area contributed by atoms with E-state index in [1.807, 2.05) is 11.3 Å². The third-order valence-corrected chi connectivity index (χ3v) is 4.92. The van der Waals surface area contributed by atoms with Crippen LogP contribution in [0, 0.1) is 0 Å². The lowest BCUT2D eigenvalue weighted by molar-refractivity contribution is 0.0384. The first kappa shape index (κ1) is 15.0. The maximum absolute atomic E-state index is 5.35. The molecule has 2 heterocycles. The lowest BCUT2D eigenvalue weighted by Crippen LogP contribution is -2.40. The topological polar surface area (TPSA) is 24.5 Å². The van der Waals surface area contributed by atoms with Gasteiger partial charge in [0.2, 0.25) is 0 Å². The Morgan fingerprint density at radius 3 is 2.63 bits per heavy atom. The molecule has 0 bridgehead atoms. The molecule has 0 saturated carbocycles. The van der Waals surface area contributed by atoms with Crippen LogP contribution in [0.2, 0.25) is 0 Å². The van der Waals surface area contributed by atoms with Gasteiger partial charge < -0.3 is 10.1 Å². The van der Waals surface area contributed by atoms with E-state index in [-0.39, 0.29) is 5.41 Å². The van der Waals surface area contributed by atoms with Gasteiger partial charge in [0.05, 0.1) is 13.2 Å². The minimum Gasteiger partial charge on any atom is -0.379 e. The number of ether oxygens (including phenoxy) is 1. The fraction of sp³-hybridized carbons (Fsp3) is 0.733. The van der Waals surface area contributed by atoms with E-state index in [1.54, 1.807) is 0 Å². The fourth-order valence-corrected chi connectivity index (χ4v) is 3.18. The first-order chi connectivity index (χ1) is 9.05. The molecule has 19 heavy (non-hydrogen) atoms. The Morgan fingerprint density at radius 1 is 1.26 bits per heavy atom. The number of hydrogen-bond donors (Lipinski definition) is 1. The molecule has 1 aromatic heterocycles. The van der Waals surface area contributed by atoms with E-state index >= 15 is 0 Å². The molecule has 0 unspecified atom stereocenters. The molecule has 1 saturated heterocycles. The summed E-state index contributed by atoms with van der Waals surface area (Å²) in [6.45, 7) is 13.9. The van der Waals surface area contributed by atoms with Crippen molar-refractivity contribution in [2.75, 3.05) is 39.4 Å². The molecule has 108 valence electrons. The number of morpholine rings is 1. The molecule has 1 aliphatic rings. The molecule has 4 heteroatoms. The van der Waals surface area contributed by atoms with Crippen molar-refractivity contribution in [3.63, 3.8) is 0 Å². The second-order valence-electron chi connectivity index (χ2n) is 6.15. The van der Waals surface area contributed by atoms with Crippen molar-refractivity contribution < 1.29 is 4.74 Å². The molecule has 0 spiro atoms. The van der Waals surface area contributed by atoms with Crippen molar-refractivity contribution in [2.45, 2.75) is 32.7 Å². The average Bonchev–Trinajstić information content (AvgIpc) is 2.85. The lowest BCUT2D eigenvalue weighted by atomic mass is 9.95. The minimum absolute atomic E-state index is 0.275. The first-order valence-electron chi connectivity index (χ1n) is 7.16. The van der Waals surface area contributed by atoms with Crippen molar-refractivity contribution in [3.05, 3.63) is 21.9 Å². The highest BCUT2D eigenvalue weighted by molar-refractivity contribution is 7.12. The van der Waals surface area contributed by atoms with Crippen LogP contribution in [0.15, 0.2) is 12.1 Å². The van der Waals surface area contributed by atoms with E-state index in [0.717, 1.165) is 45.9 Å². The van der Waals surface area contributed by atoms with E-state index in [2.05, 4.69) is 43.1 Å². The van der Waals surface area contributed by atoms with Crippen LogP contribution in [-0.4, -0.2) is 44.3 Å². The van der Waals surface area contributed by atoms with Crippen molar-refractivity contribution in [1.82, 2.24) is 10.2 Å². The molecule has 0 atom stereocenters. The van der Waals surface area contributed by atoms with Gasteiger partial charge in [0.25, 0.3) is 0 Å². The summed E-state index contributed by atoms with van der Waals surface area (Å²) in [6, 6.07) is 4.52. The number of nitrogens with zero attached hydrogens (tertiary/aromatic N) is 1. The maximum Gasteiger partial charge on any atom is 0.0594 e. The summed E-state index contributed by atoms with van der Waals surface area (Å²) in [7, 11) is 0. The summed E-state index contributed by atoms with van der Waals surface area (Å²) in [5.74, 6) is 0. The van der Waals surface area contributed by atoms with Gasteiger partial charge in [0.1, 0.15) is 0 Å². The number of rotatable bonds is 5. The maximum atomic E-state index is 5.35. The smallest absolute Gasteiger partial charge is 0.0594 e. The second-order valence-corrected chi connectivity index (χ2v) is 7.32. The van der Waals surface area contributed by atoms with Gasteiger partial charge in [0, 0.05) is 42.5 Å². The van der Waals surface area contributed by atoms with Gasteiger partial charge in [-0.2, -0.15) is 0 Å². The van der Waals surface area contributed by atoms with Gasteiger partial charge in [-0.05, 0) is 17.5 Å². The zero-order valence-electron chi connectivity index (χ0n) is 12.4. The van der Waals surface area contributed by atoms with Crippen LogP contribution < -0.4 is 5.32 Å². The van der Waals surface area contributed by atoms with E-state index < -0.39 is 0 Å². The fourth-order valence-electron chi connectivity index (χ4n) is 2.15. The SMILES string of the molecule is CC(C)(C)c1ccc(CNCCN2CCOCC2)s1. The monoisotopic (exact) mass is 282 g/mol. The molecular formula is C15H26N2OS. The summed E-state index contributed by atoms with van der Waals surface area (Å²) >= 11 is 1.93. The number of nitrogens with one attached hydrogen (secondary N) is 1. The summed E-state index contributed by atoms with van der Waals surface area (Å²) in [5.41, 5.74) is 0.275. The highest BCUT2D eigenvalue weighted by Crippen LogP contribution is 2.29. The zero-order chi connectivity index (χ0) is 13.7. The predicted octanol–water partition coefficient (Wildman–Crippen LogP) is 2.47. The van der Waals surface area contributed by atoms with Crippen LogP contribution in [0.25, 0.3) is 0 Å². The molecule has 3 nitrogen and oxygen atoms in total. The Balaban J connectivity index is 1.66. The summed E-state index contributed by atoms with van der Waals surface area (Å²) in [6.07, 6.45) is 0. The summed E-state index contributed by atoms with van der Waals surface area (Å²) in [4.78, 5) is 5.37. The van der Waals surface area contributed by atoms with Gasteiger partial charge >= 0.3 is 0 Å². The quantitative estimate of drug-likeness (QED) is 0.840. The molecule has 0 aromatic carbocycles. The van der Waals surface area contributed by atoms with Crippen molar-refractivity contribution in [2.24, 2.45) is 0 Å².